The highest BCUT2D eigenvalue weighted by atomic mass is 32.2. The van der Waals surface area contributed by atoms with Gasteiger partial charge in [-0.3, -0.25) is 4.72 Å². The maximum atomic E-state index is 11.5. The Labute approximate surface area is 142 Å². The molecular weight excluding hydrogens is 308 g/mol. The second kappa shape index (κ2) is 10.7. The molecule has 0 aromatic heterocycles. The Morgan fingerprint density at radius 2 is 1.70 bits per heavy atom. The van der Waals surface area contributed by atoms with E-state index in [4.69, 9.17) is 0 Å². The highest BCUT2D eigenvalue weighted by molar-refractivity contribution is 7.92. The van der Waals surface area contributed by atoms with Crippen molar-refractivity contribution in [1.82, 2.24) is 4.90 Å². The van der Waals surface area contributed by atoms with Crippen LogP contribution in [0, 0.1) is 0 Å². The molecule has 0 bridgehead atoms. The molecule has 1 aromatic carbocycles. The number of likely N-dealkylation sites (N-methyl/N-ethyl adjacent to an activating group) is 1. The minimum Gasteiger partial charge on any atom is -0.303 e. The van der Waals surface area contributed by atoms with Gasteiger partial charge in [0.15, 0.2) is 0 Å². The van der Waals surface area contributed by atoms with Gasteiger partial charge in [-0.05, 0) is 37.6 Å². The topological polar surface area (TPSA) is 49.4 Å². The summed E-state index contributed by atoms with van der Waals surface area (Å²) in [4.78, 5) is 2.45. The molecule has 0 radical (unpaired) electrons. The van der Waals surface area contributed by atoms with Crippen LogP contribution < -0.4 is 4.72 Å². The molecule has 0 aliphatic carbocycles. The number of para-hydroxylation sites is 1. The summed E-state index contributed by atoms with van der Waals surface area (Å²) < 4.78 is 25.5. The maximum Gasteiger partial charge on any atom is 0.229 e. The van der Waals surface area contributed by atoms with Gasteiger partial charge in [-0.1, -0.05) is 57.7 Å². The van der Waals surface area contributed by atoms with Crippen LogP contribution in [0.1, 0.15) is 51.5 Å². The number of hydrogen-bond acceptors (Lipinski definition) is 3. The molecule has 1 N–H and O–H groups in total. The Hall–Kier alpha value is -1.07. The number of rotatable bonds is 12. The zero-order valence-electron chi connectivity index (χ0n) is 14.8. The Morgan fingerprint density at radius 3 is 2.35 bits per heavy atom. The van der Waals surface area contributed by atoms with Crippen LogP contribution in [0.3, 0.4) is 0 Å². The standard InChI is InChI=1S/C18H32N2O2S/c1-4-6-7-8-11-15-20(5-2)16-14-17-12-9-10-13-18(17)19-23(3,21)22/h9-10,12-13,19H,4-8,11,14-16H2,1-3H3. The zero-order valence-corrected chi connectivity index (χ0v) is 15.7. The summed E-state index contributed by atoms with van der Waals surface area (Å²) >= 11 is 0. The van der Waals surface area contributed by atoms with Gasteiger partial charge >= 0.3 is 0 Å². The van der Waals surface area contributed by atoms with Crippen molar-refractivity contribution in [2.75, 3.05) is 30.6 Å². The van der Waals surface area contributed by atoms with Crippen LogP contribution in [0.2, 0.25) is 0 Å². The fourth-order valence-corrected chi connectivity index (χ4v) is 3.28. The second-order valence-electron chi connectivity index (χ2n) is 6.13. The molecule has 0 fully saturated rings. The third-order valence-electron chi connectivity index (χ3n) is 4.04. The average Bonchev–Trinajstić information content (AvgIpc) is 2.50. The summed E-state index contributed by atoms with van der Waals surface area (Å²) in [7, 11) is -3.23. The smallest absolute Gasteiger partial charge is 0.229 e. The van der Waals surface area contributed by atoms with E-state index in [1.165, 1.54) is 38.4 Å². The van der Waals surface area contributed by atoms with E-state index in [1.807, 2.05) is 24.3 Å². The van der Waals surface area contributed by atoms with E-state index in [9.17, 15) is 8.42 Å². The second-order valence-corrected chi connectivity index (χ2v) is 7.88. The lowest BCUT2D eigenvalue weighted by Gasteiger charge is -2.21. The zero-order chi connectivity index (χ0) is 17.1. The molecule has 0 aliphatic rings. The van der Waals surface area contributed by atoms with Crippen molar-refractivity contribution in [2.24, 2.45) is 0 Å². The van der Waals surface area contributed by atoms with Crippen molar-refractivity contribution in [3.63, 3.8) is 0 Å². The van der Waals surface area contributed by atoms with Crippen molar-refractivity contribution in [2.45, 2.75) is 52.4 Å². The fraction of sp³-hybridized carbons (Fsp3) is 0.667. The molecular formula is C18H32N2O2S. The number of anilines is 1. The number of sulfonamides is 1. The van der Waals surface area contributed by atoms with E-state index in [2.05, 4.69) is 23.5 Å². The van der Waals surface area contributed by atoms with Gasteiger partial charge in [-0.2, -0.15) is 0 Å². The first-order chi connectivity index (χ1) is 11.0. The minimum atomic E-state index is -3.23. The first-order valence-corrected chi connectivity index (χ1v) is 10.6. The maximum absolute atomic E-state index is 11.5. The minimum absolute atomic E-state index is 0.703. The van der Waals surface area contributed by atoms with Crippen LogP contribution in [-0.4, -0.2) is 39.2 Å². The first-order valence-electron chi connectivity index (χ1n) is 8.74. The summed E-state index contributed by atoms with van der Waals surface area (Å²) in [6, 6.07) is 7.66. The average molecular weight is 341 g/mol. The van der Waals surface area contributed by atoms with Crippen molar-refractivity contribution >= 4 is 15.7 Å². The Bertz CT molecular complexity index is 544. The fourth-order valence-electron chi connectivity index (χ4n) is 2.68. The van der Waals surface area contributed by atoms with Gasteiger partial charge in [0.05, 0.1) is 11.9 Å². The molecule has 0 spiro atoms. The van der Waals surface area contributed by atoms with Gasteiger partial charge in [0.2, 0.25) is 10.0 Å². The van der Waals surface area contributed by atoms with Crippen molar-refractivity contribution in [3.8, 4) is 0 Å². The molecule has 23 heavy (non-hydrogen) atoms. The molecule has 5 heteroatoms. The van der Waals surface area contributed by atoms with Crippen molar-refractivity contribution in [3.05, 3.63) is 29.8 Å². The number of nitrogens with one attached hydrogen (secondary N) is 1. The van der Waals surface area contributed by atoms with E-state index in [1.54, 1.807) is 0 Å². The number of unbranched alkanes of at least 4 members (excludes halogenated alkanes) is 4. The van der Waals surface area contributed by atoms with Crippen LogP contribution in [0.4, 0.5) is 5.69 Å². The Morgan fingerprint density at radius 1 is 1.00 bits per heavy atom. The molecule has 0 aliphatic heterocycles. The van der Waals surface area contributed by atoms with Gasteiger partial charge in [0, 0.05) is 6.54 Å². The summed E-state index contributed by atoms with van der Waals surface area (Å²) in [6.07, 6.45) is 8.54. The van der Waals surface area contributed by atoms with Crippen LogP contribution in [0.25, 0.3) is 0 Å². The SMILES string of the molecule is CCCCCCCN(CC)CCc1ccccc1NS(C)(=O)=O. The van der Waals surface area contributed by atoms with E-state index in [0.717, 1.165) is 31.6 Å². The quantitative estimate of drug-likeness (QED) is 0.587. The Kier molecular flexibility index (Phi) is 9.26. The number of benzene rings is 1. The van der Waals surface area contributed by atoms with Crippen LogP contribution >= 0.6 is 0 Å². The Balaban J connectivity index is 2.49. The van der Waals surface area contributed by atoms with E-state index in [-0.39, 0.29) is 0 Å². The van der Waals surface area contributed by atoms with Crippen LogP contribution in [-0.2, 0) is 16.4 Å². The molecule has 0 heterocycles. The lowest BCUT2D eigenvalue weighted by molar-refractivity contribution is 0.284. The molecule has 0 atom stereocenters. The van der Waals surface area contributed by atoms with Gasteiger partial charge in [-0.25, -0.2) is 8.42 Å². The lowest BCUT2D eigenvalue weighted by atomic mass is 10.1. The van der Waals surface area contributed by atoms with Gasteiger partial charge in [-0.15, -0.1) is 0 Å². The van der Waals surface area contributed by atoms with Gasteiger partial charge in [0.1, 0.15) is 0 Å². The molecule has 1 aromatic rings. The summed E-state index contributed by atoms with van der Waals surface area (Å²) in [5, 5.41) is 0. The van der Waals surface area contributed by atoms with Gasteiger partial charge in [0.25, 0.3) is 0 Å². The molecule has 0 amide bonds. The molecule has 0 unspecified atom stereocenters. The van der Waals surface area contributed by atoms with Gasteiger partial charge < -0.3 is 4.90 Å². The predicted octanol–water partition coefficient (Wildman–Crippen LogP) is 3.89. The highest BCUT2D eigenvalue weighted by Gasteiger charge is 2.09. The van der Waals surface area contributed by atoms with Crippen LogP contribution in [0.15, 0.2) is 24.3 Å². The third kappa shape index (κ3) is 8.96. The molecule has 1 rings (SSSR count). The van der Waals surface area contributed by atoms with Crippen LogP contribution in [0.5, 0.6) is 0 Å². The van der Waals surface area contributed by atoms with E-state index < -0.39 is 10.0 Å². The summed E-state index contributed by atoms with van der Waals surface area (Å²) in [6.45, 7) is 7.55. The van der Waals surface area contributed by atoms with Crippen molar-refractivity contribution < 1.29 is 8.42 Å². The lowest BCUT2D eigenvalue weighted by Crippen LogP contribution is -2.27. The largest absolute Gasteiger partial charge is 0.303 e. The normalized spacial score (nSPS) is 11.8. The van der Waals surface area contributed by atoms with E-state index >= 15 is 0 Å². The summed E-state index contributed by atoms with van der Waals surface area (Å²) in [5.74, 6) is 0. The summed E-state index contributed by atoms with van der Waals surface area (Å²) in [5.41, 5.74) is 1.76. The monoisotopic (exact) mass is 340 g/mol. The molecule has 0 saturated heterocycles. The highest BCUT2D eigenvalue weighted by Crippen LogP contribution is 2.17. The third-order valence-corrected chi connectivity index (χ3v) is 4.63. The molecule has 4 nitrogen and oxygen atoms in total. The molecule has 132 valence electrons. The van der Waals surface area contributed by atoms with E-state index in [0.29, 0.717) is 5.69 Å². The molecule has 0 saturated carbocycles. The first kappa shape index (κ1) is 20.0. The number of nitrogens with zero attached hydrogens (tertiary/aromatic N) is 1. The van der Waals surface area contributed by atoms with Crippen molar-refractivity contribution in [1.29, 1.82) is 0 Å². The number of hydrogen-bond donors (Lipinski definition) is 1. The predicted molar refractivity (Wildman–Crippen MR) is 99.5 cm³/mol.